The first-order valence-corrected chi connectivity index (χ1v) is 8.85. The van der Waals surface area contributed by atoms with E-state index in [4.69, 9.17) is 4.74 Å². The molecule has 0 radical (unpaired) electrons. The third-order valence-corrected chi connectivity index (χ3v) is 5.13. The Balaban J connectivity index is 1.52. The number of carbonyl (C=O) groups is 1. The summed E-state index contributed by atoms with van der Waals surface area (Å²) in [6, 6.07) is 0. The third-order valence-electron chi connectivity index (χ3n) is 4.19. The molecule has 1 amide bonds. The molecule has 9 heteroatoms. The number of nitrogens with zero attached hydrogens (tertiary/aromatic N) is 5. The minimum absolute atomic E-state index is 0.0903. The molecule has 2 aromatic heterocycles. The molecular formula is C14H18N6O2S. The highest BCUT2D eigenvalue weighted by Crippen LogP contribution is 2.23. The van der Waals surface area contributed by atoms with E-state index >= 15 is 0 Å². The number of hydrogen-bond acceptors (Lipinski definition) is 7. The second-order valence-electron chi connectivity index (χ2n) is 5.57. The molecule has 0 aliphatic carbocycles. The van der Waals surface area contributed by atoms with E-state index in [0.717, 1.165) is 35.8 Å². The number of fused-ring (bicyclic) bond motifs is 1. The summed E-state index contributed by atoms with van der Waals surface area (Å²) in [6.45, 7) is 3.35. The average molecular weight is 334 g/mol. The number of aromatic amines is 1. The molecule has 0 spiro atoms. The van der Waals surface area contributed by atoms with Crippen LogP contribution >= 0.6 is 11.8 Å². The number of H-pyrrole nitrogens is 1. The van der Waals surface area contributed by atoms with Crippen molar-refractivity contribution < 1.29 is 9.53 Å². The van der Waals surface area contributed by atoms with Gasteiger partial charge in [0.1, 0.15) is 12.1 Å². The van der Waals surface area contributed by atoms with Crippen LogP contribution in [0.15, 0.2) is 12.5 Å². The third kappa shape index (κ3) is 2.86. The second-order valence-corrected chi connectivity index (χ2v) is 6.80. The fourth-order valence-electron chi connectivity index (χ4n) is 2.98. The van der Waals surface area contributed by atoms with Crippen LogP contribution in [-0.2, 0) is 9.53 Å². The van der Waals surface area contributed by atoms with Gasteiger partial charge in [-0.1, -0.05) is 0 Å². The van der Waals surface area contributed by atoms with Crippen molar-refractivity contribution in [2.45, 2.75) is 6.10 Å². The molecule has 0 bridgehead atoms. The molecule has 2 aliphatic rings. The predicted octanol–water partition coefficient (Wildman–Crippen LogP) is 0.133. The van der Waals surface area contributed by atoms with Crippen LogP contribution in [0.25, 0.3) is 11.0 Å². The van der Waals surface area contributed by atoms with Crippen molar-refractivity contribution in [1.82, 2.24) is 25.1 Å². The topological polar surface area (TPSA) is 87.2 Å². The van der Waals surface area contributed by atoms with Crippen molar-refractivity contribution in [3.8, 4) is 0 Å². The molecule has 0 aromatic carbocycles. The first kappa shape index (κ1) is 14.7. The van der Waals surface area contributed by atoms with E-state index in [1.807, 2.05) is 16.7 Å². The lowest BCUT2D eigenvalue weighted by molar-refractivity contribution is -0.144. The zero-order valence-corrected chi connectivity index (χ0v) is 13.5. The Labute approximate surface area is 137 Å². The number of thioether (sulfide) groups is 1. The number of hydrogen-bond donors (Lipinski definition) is 1. The average Bonchev–Trinajstić information content (AvgIpc) is 3.10. The quantitative estimate of drug-likeness (QED) is 0.835. The molecule has 23 heavy (non-hydrogen) atoms. The number of anilines is 1. The normalized spacial score (nSPS) is 22.5. The number of ether oxygens (including phenoxy) is 1. The monoisotopic (exact) mass is 334 g/mol. The van der Waals surface area contributed by atoms with E-state index < -0.39 is 6.10 Å². The Morgan fingerprint density at radius 3 is 3.04 bits per heavy atom. The van der Waals surface area contributed by atoms with Gasteiger partial charge in [0.2, 0.25) is 0 Å². The van der Waals surface area contributed by atoms with Crippen molar-refractivity contribution in [3.05, 3.63) is 12.5 Å². The number of nitrogens with one attached hydrogen (secondary N) is 1. The molecular weight excluding hydrogens is 316 g/mol. The highest BCUT2D eigenvalue weighted by Gasteiger charge is 2.32. The van der Waals surface area contributed by atoms with E-state index in [2.05, 4.69) is 25.1 Å². The van der Waals surface area contributed by atoms with Gasteiger partial charge < -0.3 is 14.5 Å². The molecule has 1 N–H and O–H groups in total. The smallest absolute Gasteiger partial charge is 0.253 e. The number of morpholine rings is 1. The summed E-state index contributed by atoms with van der Waals surface area (Å²) in [6.07, 6.45) is 2.81. The largest absolute Gasteiger partial charge is 0.365 e. The van der Waals surface area contributed by atoms with Crippen LogP contribution in [0.3, 0.4) is 0 Å². The lowest BCUT2D eigenvalue weighted by Crippen LogP contribution is -2.52. The Hall–Kier alpha value is -1.87. The molecule has 0 saturated carbocycles. The maximum absolute atomic E-state index is 12.7. The van der Waals surface area contributed by atoms with E-state index in [-0.39, 0.29) is 5.91 Å². The van der Waals surface area contributed by atoms with Crippen LogP contribution in [0, 0.1) is 0 Å². The molecule has 4 rings (SSSR count). The predicted molar refractivity (Wildman–Crippen MR) is 87.5 cm³/mol. The molecule has 8 nitrogen and oxygen atoms in total. The molecule has 1 atom stereocenters. The van der Waals surface area contributed by atoms with Crippen LogP contribution in [0.5, 0.6) is 0 Å². The molecule has 122 valence electrons. The lowest BCUT2D eigenvalue weighted by atomic mass is 10.2. The van der Waals surface area contributed by atoms with Crippen LogP contribution in [0.1, 0.15) is 0 Å². The van der Waals surface area contributed by atoms with Gasteiger partial charge in [-0.15, -0.1) is 0 Å². The number of rotatable bonds is 2. The van der Waals surface area contributed by atoms with Gasteiger partial charge in [0.15, 0.2) is 11.8 Å². The first-order valence-electron chi connectivity index (χ1n) is 7.70. The summed E-state index contributed by atoms with van der Waals surface area (Å²) in [5.41, 5.74) is 0.706. The zero-order valence-electron chi connectivity index (χ0n) is 12.6. The van der Waals surface area contributed by atoms with Crippen LogP contribution < -0.4 is 4.90 Å². The van der Waals surface area contributed by atoms with Gasteiger partial charge in [0.25, 0.3) is 5.91 Å². The minimum atomic E-state index is -0.427. The molecule has 2 fully saturated rings. The van der Waals surface area contributed by atoms with Crippen molar-refractivity contribution in [1.29, 1.82) is 0 Å². The Bertz CT molecular complexity index is 701. The summed E-state index contributed by atoms with van der Waals surface area (Å²) < 4.78 is 5.73. The van der Waals surface area contributed by atoms with Gasteiger partial charge in [-0.2, -0.15) is 16.9 Å². The van der Waals surface area contributed by atoms with Crippen LogP contribution in [0.4, 0.5) is 5.82 Å². The van der Waals surface area contributed by atoms with Gasteiger partial charge in [-0.3, -0.25) is 9.89 Å². The Kier molecular flexibility index (Phi) is 4.04. The first-order chi connectivity index (χ1) is 11.3. The van der Waals surface area contributed by atoms with Gasteiger partial charge >= 0.3 is 0 Å². The van der Waals surface area contributed by atoms with Crippen molar-refractivity contribution in [3.63, 3.8) is 0 Å². The number of carbonyl (C=O) groups excluding carboxylic acids is 1. The van der Waals surface area contributed by atoms with Crippen molar-refractivity contribution >= 4 is 34.5 Å². The van der Waals surface area contributed by atoms with E-state index in [1.54, 1.807) is 6.20 Å². The highest BCUT2D eigenvalue weighted by atomic mass is 32.2. The standard InChI is InChI=1S/C14H18N6O2S/c21-14(19-2-5-23-6-3-19)11-8-20(1-4-22-11)13-10-7-17-18-12(10)15-9-16-13/h7,9,11H,1-6,8H2,(H,15,16,17,18). The second kappa shape index (κ2) is 6.32. The molecule has 2 saturated heterocycles. The van der Waals surface area contributed by atoms with E-state index in [0.29, 0.717) is 25.3 Å². The number of aromatic nitrogens is 4. The molecule has 2 aliphatic heterocycles. The molecule has 1 unspecified atom stereocenters. The van der Waals surface area contributed by atoms with Crippen LogP contribution in [0.2, 0.25) is 0 Å². The lowest BCUT2D eigenvalue weighted by Gasteiger charge is -2.36. The zero-order chi connectivity index (χ0) is 15.6. The fourth-order valence-corrected chi connectivity index (χ4v) is 3.89. The van der Waals surface area contributed by atoms with Gasteiger partial charge in [0, 0.05) is 31.1 Å². The summed E-state index contributed by atoms with van der Waals surface area (Å²) in [4.78, 5) is 25.2. The van der Waals surface area contributed by atoms with Gasteiger partial charge in [0.05, 0.1) is 24.7 Å². The highest BCUT2D eigenvalue weighted by molar-refractivity contribution is 7.99. The number of amides is 1. The minimum Gasteiger partial charge on any atom is -0.365 e. The van der Waals surface area contributed by atoms with Crippen molar-refractivity contribution in [2.75, 3.05) is 49.2 Å². The van der Waals surface area contributed by atoms with Crippen LogP contribution in [-0.4, -0.2) is 81.4 Å². The maximum Gasteiger partial charge on any atom is 0.253 e. The summed E-state index contributed by atoms with van der Waals surface area (Å²) in [5.74, 6) is 2.90. The molecule has 4 heterocycles. The van der Waals surface area contributed by atoms with E-state index in [9.17, 15) is 4.79 Å². The molecule has 2 aromatic rings. The van der Waals surface area contributed by atoms with E-state index in [1.165, 1.54) is 6.33 Å². The van der Waals surface area contributed by atoms with Gasteiger partial charge in [-0.25, -0.2) is 9.97 Å². The SMILES string of the molecule is O=C(C1CN(c2ncnc3[nH]ncc23)CCO1)N1CCSCC1. The summed E-state index contributed by atoms with van der Waals surface area (Å²) >= 11 is 1.89. The Morgan fingerprint density at radius 1 is 1.30 bits per heavy atom. The van der Waals surface area contributed by atoms with Gasteiger partial charge in [-0.05, 0) is 0 Å². The van der Waals surface area contributed by atoms with Crippen molar-refractivity contribution in [2.24, 2.45) is 0 Å². The maximum atomic E-state index is 12.7. The summed E-state index contributed by atoms with van der Waals surface area (Å²) in [5, 5.41) is 7.74. The summed E-state index contributed by atoms with van der Waals surface area (Å²) in [7, 11) is 0. The Morgan fingerprint density at radius 2 is 2.17 bits per heavy atom. The fraction of sp³-hybridized carbons (Fsp3) is 0.571.